The second kappa shape index (κ2) is 6.38. The van der Waals surface area contributed by atoms with Crippen LogP contribution in [0.25, 0.3) is 0 Å². The highest BCUT2D eigenvalue weighted by Gasteiger charge is 2.22. The first-order valence-electron chi connectivity index (χ1n) is 5.78. The lowest BCUT2D eigenvalue weighted by molar-refractivity contribution is -0.136. The van der Waals surface area contributed by atoms with Crippen LogP contribution < -0.4 is 4.90 Å². The maximum atomic E-state index is 12.0. The third-order valence-corrected chi connectivity index (χ3v) is 4.35. The molecule has 1 aromatic carbocycles. The molecule has 110 valence electrons. The summed E-state index contributed by atoms with van der Waals surface area (Å²) < 4.78 is 24.0. The van der Waals surface area contributed by atoms with E-state index < -0.39 is 34.9 Å². The fourth-order valence-corrected chi connectivity index (χ4v) is 2.80. The molecule has 0 aromatic heterocycles. The summed E-state index contributed by atoms with van der Waals surface area (Å²) in [5.74, 6) is -2.64. The lowest BCUT2D eigenvalue weighted by atomic mass is 10.3. The van der Waals surface area contributed by atoms with Crippen molar-refractivity contribution in [2.24, 2.45) is 0 Å². The quantitative estimate of drug-likeness (QED) is 0.752. The van der Waals surface area contributed by atoms with E-state index in [4.69, 9.17) is 10.2 Å². The van der Waals surface area contributed by atoms with Crippen molar-refractivity contribution in [1.29, 1.82) is 0 Å². The number of hydrogen-bond donors (Lipinski definition) is 2. The monoisotopic (exact) mass is 301 g/mol. The zero-order valence-electron chi connectivity index (χ0n) is 10.8. The third kappa shape index (κ3) is 3.95. The van der Waals surface area contributed by atoms with Crippen LogP contribution in [0.1, 0.15) is 6.92 Å². The van der Waals surface area contributed by atoms with Crippen LogP contribution >= 0.6 is 0 Å². The lowest BCUT2D eigenvalue weighted by Gasteiger charge is -2.23. The number of benzene rings is 1. The molecule has 0 radical (unpaired) electrons. The molecule has 1 aromatic rings. The summed E-state index contributed by atoms with van der Waals surface area (Å²) in [6.45, 7) is 0.274. The fraction of sp³-hybridized carbons (Fsp3) is 0.333. The van der Waals surface area contributed by atoms with Crippen molar-refractivity contribution in [1.82, 2.24) is 0 Å². The Balaban J connectivity index is 3.33. The minimum Gasteiger partial charge on any atom is -0.480 e. The highest BCUT2D eigenvalue weighted by atomic mass is 32.2. The number of sulfone groups is 1. The smallest absolute Gasteiger partial charge is 0.323 e. The van der Waals surface area contributed by atoms with E-state index in [-0.39, 0.29) is 16.3 Å². The molecule has 0 heterocycles. The van der Waals surface area contributed by atoms with Gasteiger partial charge in [0.05, 0.1) is 16.3 Å². The van der Waals surface area contributed by atoms with E-state index in [0.717, 1.165) is 4.90 Å². The standard InChI is InChI=1S/C12H15NO6S/c1-2-20(18,19)10-6-4-3-5-9(10)13(7-11(14)15)8-12(16)17/h3-6H,2,7-8H2,1H3,(H,14,15)(H,16,17). The molecule has 0 aliphatic heterocycles. The summed E-state index contributed by atoms with van der Waals surface area (Å²) in [6.07, 6.45) is 0. The van der Waals surface area contributed by atoms with Gasteiger partial charge in [-0.1, -0.05) is 19.1 Å². The topological polar surface area (TPSA) is 112 Å². The van der Waals surface area contributed by atoms with Gasteiger partial charge in [-0.2, -0.15) is 0 Å². The van der Waals surface area contributed by atoms with Gasteiger partial charge >= 0.3 is 11.9 Å². The average Bonchev–Trinajstić information content (AvgIpc) is 2.37. The number of carboxylic acid groups (broad SMARTS) is 2. The van der Waals surface area contributed by atoms with Crippen LogP contribution in [0.3, 0.4) is 0 Å². The largest absolute Gasteiger partial charge is 0.480 e. The maximum absolute atomic E-state index is 12.0. The predicted octanol–water partition coefficient (Wildman–Crippen LogP) is 0.456. The number of carboxylic acids is 2. The Kier molecular flexibility index (Phi) is 5.09. The van der Waals surface area contributed by atoms with E-state index in [9.17, 15) is 18.0 Å². The Labute approximate surface area is 116 Å². The van der Waals surface area contributed by atoms with Gasteiger partial charge in [0.1, 0.15) is 13.1 Å². The molecule has 0 bridgehead atoms. The Morgan fingerprint density at radius 1 is 1.10 bits per heavy atom. The van der Waals surface area contributed by atoms with Crippen LogP contribution in [-0.4, -0.2) is 49.4 Å². The number of para-hydroxylation sites is 1. The number of hydrogen-bond acceptors (Lipinski definition) is 5. The van der Waals surface area contributed by atoms with Crippen LogP contribution in [0.2, 0.25) is 0 Å². The molecular weight excluding hydrogens is 286 g/mol. The predicted molar refractivity (Wildman–Crippen MR) is 71.7 cm³/mol. The number of carbonyl (C=O) groups is 2. The molecule has 1 rings (SSSR count). The van der Waals surface area contributed by atoms with E-state index in [1.165, 1.54) is 31.2 Å². The van der Waals surface area contributed by atoms with Gasteiger partial charge in [0.15, 0.2) is 9.84 Å². The van der Waals surface area contributed by atoms with E-state index in [0.29, 0.717) is 0 Å². The minimum absolute atomic E-state index is 0.0648. The van der Waals surface area contributed by atoms with Crippen LogP contribution in [0.15, 0.2) is 29.2 Å². The van der Waals surface area contributed by atoms with Crippen molar-refractivity contribution in [2.75, 3.05) is 23.7 Å². The molecule has 0 saturated carbocycles. The van der Waals surface area contributed by atoms with E-state index >= 15 is 0 Å². The molecule has 2 N–H and O–H groups in total. The molecular formula is C12H15NO6S. The molecule has 8 heteroatoms. The Bertz CT molecular complexity index is 594. The van der Waals surface area contributed by atoms with E-state index in [2.05, 4.69) is 0 Å². The molecule has 0 amide bonds. The van der Waals surface area contributed by atoms with Crippen LogP contribution in [-0.2, 0) is 19.4 Å². The molecule has 0 atom stereocenters. The van der Waals surface area contributed by atoms with Gasteiger partial charge in [-0.15, -0.1) is 0 Å². The molecule has 20 heavy (non-hydrogen) atoms. The third-order valence-electron chi connectivity index (χ3n) is 2.57. The van der Waals surface area contributed by atoms with Gasteiger partial charge in [0.25, 0.3) is 0 Å². The van der Waals surface area contributed by atoms with Crippen molar-refractivity contribution < 1.29 is 28.2 Å². The first-order valence-corrected chi connectivity index (χ1v) is 7.43. The summed E-state index contributed by atoms with van der Waals surface area (Å²) in [7, 11) is -3.57. The van der Waals surface area contributed by atoms with Gasteiger partial charge < -0.3 is 15.1 Å². The molecule has 0 spiro atoms. The zero-order valence-corrected chi connectivity index (χ0v) is 11.6. The Hall–Kier alpha value is -2.09. The summed E-state index contributed by atoms with van der Waals surface area (Å²) in [5.41, 5.74) is 0.0825. The first kappa shape index (κ1) is 16.0. The lowest BCUT2D eigenvalue weighted by Crippen LogP contribution is -2.35. The zero-order chi connectivity index (χ0) is 15.3. The summed E-state index contributed by atoms with van der Waals surface area (Å²) in [5, 5.41) is 17.6. The van der Waals surface area contributed by atoms with Crippen molar-refractivity contribution in [3.05, 3.63) is 24.3 Å². The van der Waals surface area contributed by atoms with Crippen LogP contribution in [0.5, 0.6) is 0 Å². The molecule has 0 aliphatic carbocycles. The maximum Gasteiger partial charge on any atom is 0.323 e. The van der Waals surface area contributed by atoms with Gasteiger partial charge in [0.2, 0.25) is 0 Å². The number of nitrogens with zero attached hydrogens (tertiary/aromatic N) is 1. The molecule has 7 nitrogen and oxygen atoms in total. The van der Waals surface area contributed by atoms with Gasteiger partial charge in [-0.25, -0.2) is 8.42 Å². The van der Waals surface area contributed by atoms with Crippen LogP contribution in [0, 0.1) is 0 Å². The van der Waals surface area contributed by atoms with Crippen molar-refractivity contribution in [3.8, 4) is 0 Å². The molecule has 0 unspecified atom stereocenters. The second-order valence-electron chi connectivity index (χ2n) is 4.01. The molecule has 0 fully saturated rings. The van der Waals surface area contributed by atoms with Crippen molar-refractivity contribution >= 4 is 27.5 Å². The highest BCUT2D eigenvalue weighted by molar-refractivity contribution is 7.91. The molecule has 0 aliphatic rings. The summed E-state index contributed by atoms with van der Waals surface area (Å²) in [6, 6.07) is 5.77. The van der Waals surface area contributed by atoms with Gasteiger partial charge in [-0.05, 0) is 12.1 Å². The number of rotatable bonds is 7. The Morgan fingerprint density at radius 3 is 2.05 bits per heavy atom. The second-order valence-corrected chi connectivity index (χ2v) is 6.26. The van der Waals surface area contributed by atoms with Gasteiger partial charge in [0, 0.05) is 0 Å². The first-order chi connectivity index (χ1) is 9.27. The molecule has 0 saturated heterocycles. The SMILES string of the molecule is CCS(=O)(=O)c1ccccc1N(CC(=O)O)CC(=O)O. The summed E-state index contributed by atoms with van der Waals surface area (Å²) in [4.78, 5) is 22.6. The van der Waals surface area contributed by atoms with E-state index in [1.807, 2.05) is 0 Å². The van der Waals surface area contributed by atoms with Crippen molar-refractivity contribution in [2.45, 2.75) is 11.8 Å². The Morgan fingerprint density at radius 2 is 1.60 bits per heavy atom. The minimum atomic E-state index is -3.57. The van der Waals surface area contributed by atoms with E-state index in [1.54, 1.807) is 0 Å². The number of anilines is 1. The van der Waals surface area contributed by atoms with Crippen LogP contribution in [0.4, 0.5) is 5.69 Å². The normalized spacial score (nSPS) is 11.1. The summed E-state index contributed by atoms with van der Waals surface area (Å²) >= 11 is 0. The highest BCUT2D eigenvalue weighted by Crippen LogP contribution is 2.25. The van der Waals surface area contributed by atoms with Gasteiger partial charge in [-0.3, -0.25) is 9.59 Å². The van der Waals surface area contributed by atoms with Crippen molar-refractivity contribution in [3.63, 3.8) is 0 Å². The fourth-order valence-electron chi connectivity index (χ4n) is 1.69. The average molecular weight is 301 g/mol. The number of aliphatic carboxylic acids is 2.